The SMILES string of the molecule is Cc1ccnc(N2C(=O)C3CC=CCC3C2=O)c1. The van der Waals surface area contributed by atoms with Gasteiger partial charge in [0.1, 0.15) is 5.82 Å². The van der Waals surface area contributed by atoms with Crippen LogP contribution in [0.25, 0.3) is 0 Å². The van der Waals surface area contributed by atoms with Crippen LogP contribution >= 0.6 is 0 Å². The number of imide groups is 1. The maximum Gasteiger partial charge on any atom is 0.239 e. The Morgan fingerprint density at radius 2 is 1.78 bits per heavy atom. The Labute approximate surface area is 105 Å². The van der Waals surface area contributed by atoms with Crippen LogP contribution in [0.3, 0.4) is 0 Å². The smallest absolute Gasteiger partial charge is 0.239 e. The third kappa shape index (κ3) is 1.56. The van der Waals surface area contributed by atoms with Gasteiger partial charge in [-0.3, -0.25) is 9.59 Å². The zero-order valence-corrected chi connectivity index (χ0v) is 10.2. The molecule has 0 radical (unpaired) electrons. The molecule has 0 bridgehead atoms. The van der Waals surface area contributed by atoms with Crippen LogP contribution in [0, 0.1) is 18.8 Å². The molecular weight excluding hydrogens is 228 g/mol. The Kier molecular flexibility index (Phi) is 2.51. The molecule has 92 valence electrons. The van der Waals surface area contributed by atoms with E-state index in [1.54, 1.807) is 12.3 Å². The average molecular weight is 242 g/mol. The van der Waals surface area contributed by atoms with Crippen LogP contribution in [0.4, 0.5) is 5.82 Å². The summed E-state index contributed by atoms with van der Waals surface area (Å²) in [5.74, 6) is -0.131. The second-order valence-electron chi connectivity index (χ2n) is 4.86. The van der Waals surface area contributed by atoms with Gasteiger partial charge in [-0.05, 0) is 37.5 Å². The topological polar surface area (TPSA) is 50.3 Å². The molecule has 2 aliphatic rings. The molecule has 1 aromatic heterocycles. The van der Waals surface area contributed by atoms with E-state index in [9.17, 15) is 9.59 Å². The largest absolute Gasteiger partial charge is 0.274 e. The molecule has 2 atom stereocenters. The molecule has 0 spiro atoms. The van der Waals surface area contributed by atoms with E-state index in [1.807, 2.05) is 25.1 Å². The summed E-state index contributed by atoms with van der Waals surface area (Å²) in [7, 11) is 0. The minimum Gasteiger partial charge on any atom is -0.274 e. The van der Waals surface area contributed by atoms with Gasteiger partial charge in [0.2, 0.25) is 11.8 Å². The van der Waals surface area contributed by atoms with Gasteiger partial charge in [0.15, 0.2) is 0 Å². The normalized spacial score (nSPS) is 26.6. The summed E-state index contributed by atoms with van der Waals surface area (Å²) >= 11 is 0. The molecule has 0 N–H and O–H groups in total. The van der Waals surface area contributed by atoms with Crippen molar-refractivity contribution < 1.29 is 9.59 Å². The van der Waals surface area contributed by atoms with E-state index in [4.69, 9.17) is 0 Å². The van der Waals surface area contributed by atoms with Crippen LogP contribution in [-0.2, 0) is 9.59 Å². The van der Waals surface area contributed by atoms with Crippen LogP contribution in [-0.4, -0.2) is 16.8 Å². The molecule has 1 saturated heterocycles. The van der Waals surface area contributed by atoms with Crippen LogP contribution in [0.15, 0.2) is 30.5 Å². The van der Waals surface area contributed by atoms with Crippen molar-refractivity contribution >= 4 is 17.6 Å². The Morgan fingerprint density at radius 3 is 2.33 bits per heavy atom. The summed E-state index contributed by atoms with van der Waals surface area (Å²) in [5, 5.41) is 0. The number of pyridine rings is 1. The van der Waals surface area contributed by atoms with Gasteiger partial charge in [-0.25, -0.2) is 9.88 Å². The molecule has 1 aliphatic carbocycles. The number of aromatic nitrogens is 1. The van der Waals surface area contributed by atoms with Crippen molar-refractivity contribution in [3.63, 3.8) is 0 Å². The van der Waals surface area contributed by atoms with Gasteiger partial charge in [0.25, 0.3) is 0 Å². The molecule has 1 aliphatic heterocycles. The first-order valence-electron chi connectivity index (χ1n) is 6.14. The number of amides is 2. The lowest BCUT2D eigenvalue weighted by atomic mass is 9.85. The number of anilines is 1. The first-order chi connectivity index (χ1) is 8.68. The maximum absolute atomic E-state index is 12.3. The predicted octanol–water partition coefficient (Wildman–Crippen LogP) is 1.85. The Hall–Kier alpha value is -1.97. The third-order valence-corrected chi connectivity index (χ3v) is 3.64. The van der Waals surface area contributed by atoms with Crippen LogP contribution < -0.4 is 4.90 Å². The van der Waals surface area contributed by atoms with E-state index in [0.717, 1.165) is 5.56 Å². The monoisotopic (exact) mass is 242 g/mol. The second kappa shape index (κ2) is 4.05. The summed E-state index contributed by atoms with van der Waals surface area (Å²) in [4.78, 5) is 30.0. The van der Waals surface area contributed by atoms with Crippen molar-refractivity contribution in [2.45, 2.75) is 19.8 Å². The second-order valence-corrected chi connectivity index (χ2v) is 4.86. The van der Waals surface area contributed by atoms with Crippen molar-refractivity contribution in [1.82, 2.24) is 4.98 Å². The highest BCUT2D eigenvalue weighted by atomic mass is 16.2. The summed E-state index contributed by atoms with van der Waals surface area (Å²) in [6.45, 7) is 1.92. The summed E-state index contributed by atoms with van der Waals surface area (Å²) < 4.78 is 0. The third-order valence-electron chi connectivity index (χ3n) is 3.64. The highest BCUT2D eigenvalue weighted by Gasteiger charge is 2.48. The van der Waals surface area contributed by atoms with E-state index in [-0.39, 0.29) is 23.7 Å². The summed E-state index contributed by atoms with van der Waals surface area (Å²) in [6, 6.07) is 3.63. The number of fused-ring (bicyclic) bond motifs is 1. The summed E-state index contributed by atoms with van der Waals surface area (Å²) in [5.41, 5.74) is 0.994. The molecule has 3 rings (SSSR count). The zero-order chi connectivity index (χ0) is 12.7. The maximum atomic E-state index is 12.3. The van der Waals surface area contributed by atoms with Crippen molar-refractivity contribution in [2.24, 2.45) is 11.8 Å². The van der Waals surface area contributed by atoms with Crippen molar-refractivity contribution in [1.29, 1.82) is 0 Å². The van der Waals surface area contributed by atoms with E-state index >= 15 is 0 Å². The molecule has 1 fully saturated rings. The van der Waals surface area contributed by atoms with Gasteiger partial charge in [-0.2, -0.15) is 0 Å². The molecule has 1 aromatic rings. The number of rotatable bonds is 1. The number of nitrogens with zero attached hydrogens (tertiary/aromatic N) is 2. The Morgan fingerprint density at radius 1 is 1.17 bits per heavy atom. The van der Waals surface area contributed by atoms with E-state index < -0.39 is 0 Å². The highest BCUT2D eigenvalue weighted by Crippen LogP contribution is 2.36. The lowest BCUT2D eigenvalue weighted by molar-refractivity contribution is -0.122. The number of carbonyl (C=O) groups is 2. The fourth-order valence-electron chi connectivity index (χ4n) is 2.67. The van der Waals surface area contributed by atoms with Crippen LogP contribution in [0.1, 0.15) is 18.4 Å². The van der Waals surface area contributed by atoms with Crippen LogP contribution in [0.2, 0.25) is 0 Å². The number of hydrogen-bond acceptors (Lipinski definition) is 3. The van der Waals surface area contributed by atoms with E-state index in [0.29, 0.717) is 18.7 Å². The van der Waals surface area contributed by atoms with Crippen molar-refractivity contribution in [3.05, 3.63) is 36.0 Å². The molecule has 18 heavy (non-hydrogen) atoms. The predicted molar refractivity (Wildman–Crippen MR) is 66.8 cm³/mol. The number of allylic oxidation sites excluding steroid dienone is 2. The zero-order valence-electron chi connectivity index (χ0n) is 10.2. The van der Waals surface area contributed by atoms with Crippen molar-refractivity contribution in [3.8, 4) is 0 Å². The highest BCUT2D eigenvalue weighted by molar-refractivity contribution is 6.21. The molecule has 0 aromatic carbocycles. The van der Waals surface area contributed by atoms with Crippen LogP contribution in [0.5, 0.6) is 0 Å². The summed E-state index contributed by atoms with van der Waals surface area (Å²) in [6.07, 6.45) is 6.93. The first kappa shape index (κ1) is 11.1. The van der Waals surface area contributed by atoms with E-state index in [1.165, 1.54) is 4.90 Å². The lowest BCUT2D eigenvalue weighted by Gasteiger charge is -2.14. The molecule has 4 nitrogen and oxygen atoms in total. The minimum absolute atomic E-state index is 0.104. The van der Waals surface area contributed by atoms with Gasteiger partial charge in [-0.15, -0.1) is 0 Å². The molecule has 0 saturated carbocycles. The molecule has 2 unspecified atom stereocenters. The molecule has 2 amide bonds. The van der Waals surface area contributed by atoms with Gasteiger partial charge in [0.05, 0.1) is 11.8 Å². The minimum atomic E-state index is -0.190. The first-order valence-corrected chi connectivity index (χ1v) is 6.14. The van der Waals surface area contributed by atoms with Gasteiger partial charge < -0.3 is 0 Å². The quantitative estimate of drug-likeness (QED) is 0.557. The van der Waals surface area contributed by atoms with Gasteiger partial charge >= 0.3 is 0 Å². The Bertz CT molecular complexity index is 524. The molecular formula is C14H14N2O2. The van der Waals surface area contributed by atoms with Gasteiger partial charge in [0, 0.05) is 6.20 Å². The lowest BCUT2D eigenvalue weighted by Crippen LogP contribution is -2.31. The van der Waals surface area contributed by atoms with Gasteiger partial charge in [-0.1, -0.05) is 12.2 Å². The number of carbonyl (C=O) groups excluding carboxylic acids is 2. The fraction of sp³-hybridized carbons (Fsp3) is 0.357. The molecule has 2 heterocycles. The van der Waals surface area contributed by atoms with E-state index in [2.05, 4.69) is 4.98 Å². The standard InChI is InChI=1S/C14H14N2O2/c1-9-6-7-15-12(8-9)16-13(17)10-4-2-3-5-11(10)14(16)18/h2-3,6-8,10-11H,4-5H2,1H3. The fourth-order valence-corrected chi connectivity index (χ4v) is 2.67. The average Bonchev–Trinajstić information content (AvgIpc) is 2.63. The molecule has 4 heteroatoms. The van der Waals surface area contributed by atoms with Crippen molar-refractivity contribution in [2.75, 3.05) is 4.90 Å². The Balaban J connectivity index is 1.99. The number of aryl methyl sites for hydroxylation is 1. The number of hydrogen-bond donors (Lipinski definition) is 0.